The average Bonchev–Trinajstić information content (AvgIpc) is 3.39. The summed E-state index contributed by atoms with van der Waals surface area (Å²) in [5, 5.41) is 12.5. The number of anilines is 2. The molecule has 172 valence electrons. The fourth-order valence-corrected chi connectivity index (χ4v) is 4.19. The maximum atomic E-state index is 14.8. The molecule has 2 aliphatic heterocycles. The van der Waals surface area contributed by atoms with E-state index in [0.717, 1.165) is 49.3 Å². The number of rotatable bonds is 5. The number of aliphatic imine (C=N–C) groups is 1. The van der Waals surface area contributed by atoms with Gasteiger partial charge >= 0.3 is 6.01 Å². The fraction of sp³-hybridized carbons (Fsp3) is 0.375. The van der Waals surface area contributed by atoms with E-state index < -0.39 is 5.82 Å². The SMILES string of the molecule is CC1=Cc2cc(Oc3nc(NC4=NCC(CO)=C4)cc(N4CCN(C)CC4)n3)c(F)cc2C1. The Bertz CT molecular complexity index is 1170. The minimum atomic E-state index is -0.435. The van der Waals surface area contributed by atoms with Gasteiger partial charge in [-0.2, -0.15) is 9.97 Å². The number of hydrogen-bond acceptors (Lipinski definition) is 8. The lowest BCUT2D eigenvalue weighted by Crippen LogP contribution is -2.44. The minimum absolute atomic E-state index is 0.0368. The summed E-state index contributed by atoms with van der Waals surface area (Å²) in [6.07, 6.45) is 4.59. The number of likely N-dealkylation sites (N-methyl/N-ethyl adjacent to an activating group) is 1. The number of fused-ring (bicyclic) bond motifs is 1. The maximum Gasteiger partial charge on any atom is 0.326 e. The highest BCUT2D eigenvalue weighted by Gasteiger charge is 2.20. The number of halogens is 1. The molecule has 33 heavy (non-hydrogen) atoms. The number of benzene rings is 1. The molecule has 1 saturated heterocycles. The third-order valence-electron chi connectivity index (χ3n) is 6.04. The molecule has 0 amide bonds. The number of aromatic nitrogens is 2. The van der Waals surface area contributed by atoms with Crippen LogP contribution in [0.2, 0.25) is 0 Å². The van der Waals surface area contributed by atoms with Crippen LogP contribution in [-0.2, 0) is 6.42 Å². The number of nitrogens with one attached hydrogen (secondary N) is 1. The number of piperazine rings is 1. The molecule has 1 aromatic heterocycles. The van der Waals surface area contributed by atoms with Crippen molar-refractivity contribution in [2.75, 3.05) is 56.6 Å². The van der Waals surface area contributed by atoms with E-state index in [2.05, 4.69) is 37.1 Å². The van der Waals surface area contributed by atoms with Crippen molar-refractivity contribution in [3.63, 3.8) is 0 Å². The standard InChI is InChI=1S/C24H27FN6O2/c1-15-7-17-10-19(25)20(11-18(17)8-15)33-24-28-22(27-21-9-16(14-32)13-26-21)12-23(29-24)31-5-3-30(2)4-6-31/h8-12,32H,3-7,13-14H2,1-2H3,(H,26,27,28,29). The number of nitrogens with zero attached hydrogens (tertiary/aromatic N) is 5. The predicted molar refractivity (Wildman–Crippen MR) is 127 cm³/mol. The lowest BCUT2D eigenvalue weighted by Gasteiger charge is -2.33. The minimum Gasteiger partial charge on any atom is -0.421 e. The summed E-state index contributed by atoms with van der Waals surface area (Å²) >= 11 is 0. The van der Waals surface area contributed by atoms with E-state index in [0.29, 0.717) is 24.0 Å². The Morgan fingerprint density at radius 3 is 2.70 bits per heavy atom. The van der Waals surface area contributed by atoms with Crippen molar-refractivity contribution in [3.8, 4) is 11.8 Å². The van der Waals surface area contributed by atoms with Crippen LogP contribution in [0.5, 0.6) is 11.8 Å². The summed E-state index contributed by atoms with van der Waals surface area (Å²) in [5.74, 6) is 1.48. The monoisotopic (exact) mass is 450 g/mol. The van der Waals surface area contributed by atoms with Crippen LogP contribution in [0.15, 0.2) is 40.4 Å². The Balaban J connectivity index is 1.45. The second-order valence-electron chi connectivity index (χ2n) is 8.72. The molecule has 0 atom stereocenters. The van der Waals surface area contributed by atoms with Crippen molar-refractivity contribution in [2.45, 2.75) is 13.3 Å². The van der Waals surface area contributed by atoms with E-state index in [1.165, 1.54) is 11.6 Å². The summed E-state index contributed by atoms with van der Waals surface area (Å²) in [6, 6.07) is 5.14. The van der Waals surface area contributed by atoms with Crippen molar-refractivity contribution < 1.29 is 14.2 Å². The first-order chi connectivity index (χ1) is 16.0. The number of amidine groups is 1. The largest absolute Gasteiger partial charge is 0.421 e. The topological polar surface area (TPSA) is 86.1 Å². The molecular formula is C24H27FN6O2. The molecule has 3 heterocycles. The first kappa shape index (κ1) is 21.5. The van der Waals surface area contributed by atoms with Crippen molar-refractivity contribution >= 4 is 23.5 Å². The first-order valence-corrected chi connectivity index (χ1v) is 11.1. The molecule has 0 unspecified atom stereocenters. The van der Waals surface area contributed by atoms with Gasteiger partial charge in [0.25, 0.3) is 0 Å². The Labute approximate surface area is 192 Å². The zero-order valence-corrected chi connectivity index (χ0v) is 18.8. The van der Waals surface area contributed by atoms with E-state index in [1.54, 1.807) is 12.1 Å². The molecule has 9 heteroatoms. The first-order valence-electron chi connectivity index (χ1n) is 11.1. The molecule has 0 bridgehead atoms. The molecule has 0 radical (unpaired) electrons. The van der Waals surface area contributed by atoms with E-state index in [9.17, 15) is 9.50 Å². The van der Waals surface area contributed by atoms with Gasteiger partial charge in [0.2, 0.25) is 0 Å². The van der Waals surface area contributed by atoms with E-state index in [1.807, 2.05) is 19.1 Å². The zero-order valence-electron chi connectivity index (χ0n) is 18.8. The molecule has 5 rings (SSSR count). The van der Waals surface area contributed by atoms with E-state index in [4.69, 9.17) is 4.74 Å². The van der Waals surface area contributed by atoms with Gasteiger partial charge in [-0.3, -0.25) is 4.99 Å². The maximum absolute atomic E-state index is 14.8. The number of allylic oxidation sites excluding steroid dienone is 1. The van der Waals surface area contributed by atoms with Crippen molar-refractivity contribution in [1.29, 1.82) is 0 Å². The molecule has 1 fully saturated rings. The average molecular weight is 451 g/mol. The van der Waals surface area contributed by atoms with Crippen molar-refractivity contribution in [2.24, 2.45) is 4.99 Å². The Kier molecular flexibility index (Phi) is 5.82. The predicted octanol–water partition coefficient (Wildman–Crippen LogP) is 2.86. The van der Waals surface area contributed by atoms with E-state index in [-0.39, 0.29) is 18.4 Å². The van der Waals surface area contributed by atoms with Gasteiger partial charge < -0.3 is 25.0 Å². The van der Waals surface area contributed by atoms with Gasteiger partial charge in [0.1, 0.15) is 17.5 Å². The highest BCUT2D eigenvalue weighted by Crippen LogP contribution is 2.33. The Morgan fingerprint density at radius 1 is 1.12 bits per heavy atom. The smallest absolute Gasteiger partial charge is 0.326 e. The quantitative estimate of drug-likeness (QED) is 0.725. The summed E-state index contributed by atoms with van der Waals surface area (Å²) in [6.45, 7) is 5.92. The number of aliphatic hydroxyl groups is 1. The summed E-state index contributed by atoms with van der Waals surface area (Å²) < 4.78 is 20.7. The van der Waals surface area contributed by atoms with Crippen LogP contribution in [0.3, 0.4) is 0 Å². The van der Waals surface area contributed by atoms with Crippen LogP contribution in [0.4, 0.5) is 16.0 Å². The Hall–Kier alpha value is -3.30. The normalized spacial score (nSPS) is 18.1. The van der Waals surface area contributed by atoms with Gasteiger partial charge in [-0.05, 0) is 55.3 Å². The molecule has 0 spiro atoms. The molecule has 2 N–H and O–H groups in total. The lowest BCUT2D eigenvalue weighted by molar-refractivity contribution is 0.311. The molecule has 1 aliphatic carbocycles. The number of aliphatic hydroxyl groups excluding tert-OH is 1. The second-order valence-corrected chi connectivity index (χ2v) is 8.72. The zero-order chi connectivity index (χ0) is 22.9. The van der Waals surface area contributed by atoms with Gasteiger partial charge in [-0.15, -0.1) is 0 Å². The second kappa shape index (κ2) is 8.92. The van der Waals surface area contributed by atoms with Crippen LogP contribution >= 0.6 is 0 Å². The fourth-order valence-electron chi connectivity index (χ4n) is 4.19. The third-order valence-corrected chi connectivity index (χ3v) is 6.04. The molecule has 2 aromatic rings. The molecular weight excluding hydrogens is 423 g/mol. The van der Waals surface area contributed by atoms with Gasteiger partial charge in [-0.1, -0.05) is 11.6 Å². The molecule has 0 saturated carbocycles. The molecule has 8 nitrogen and oxygen atoms in total. The highest BCUT2D eigenvalue weighted by molar-refractivity contribution is 6.05. The summed E-state index contributed by atoms with van der Waals surface area (Å²) in [4.78, 5) is 17.9. The lowest BCUT2D eigenvalue weighted by atomic mass is 10.1. The van der Waals surface area contributed by atoms with Crippen molar-refractivity contribution in [3.05, 3.63) is 52.4 Å². The Morgan fingerprint density at radius 2 is 1.94 bits per heavy atom. The highest BCUT2D eigenvalue weighted by atomic mass is 19.1. The van der Waals surface area contributed by atoms with Crippen LogP contribution in [-0.4, -0.2) is 72.2 Å². The summed E-state index contributed by atoms with van der Waals surface area (Å²) in [5.41, 5.74) is 3.93. The van der Waals surface area contributed by atoms with Gasteiger partial charge in [0.15, 0.2) is 11.6 Å². The van der Waals surface area contributed by atoms with Crippen LogP contribution < -0.4 is 15.0 Å². The van der Waals surface area contributed by atoms with E-state index >= 15 is 0 Å². The number of ether oxygens (including phenoxy) is 1. The summed E-state index contributed by atoms with van der Waals surface area (Å²) in [7, 11) is 2.09. The van der Waals surface area contributed by atoms with Gasteiger partial charge in [0.05, 0.1) is 13.2 Å². The van der Waals surface area contributed by atoms with Gasteiger partial charge in [0, 0.05) is 32.2 Å². The van der Waals surface area contributed by atoms with Crippen molar-refractivity contribution in [1.82, 2.24) is 14.9 Å². The third kappa shape index (κ3) is 4.74. The molecule has 3 aliphatic rings. The molecule has 1 aromatic carbocycles. The number of hydrogen-bond donors (Lipinski definition) is 2. The van der Waals surface area contributed by atoms with Gasteiger partial charge in [-0.25, -0.2) is 4.39 Å². The van der Waals surface area contributed by atoms with Crippen LogP contribution in [0.25, 0.3) is 6.08 Å². The van der Waals surface area contributed by atoms with Crippen LogP contribution in [0, 0.1) is 5.82 Å². The van der Waals surface area contributed by atoms with Crippen LogP contribution in [0.1, 0.15) is 18.1 Å².